The summed E-state index contributed by atoms with van der Waals surface area (Å²) in [6, 6.07) is 8.76. The molecule has 0 saturated carbocycles. The van der Waals surface area contributed by atoms with Crippen LogP contribution in [0.1, 0.15) is 15.9 Å². The lowest BCUT2D eigenvalue weighted by molar-refractivity contribution is 0.104. The van der Waals surface area contributed by atoms with Crippen molar-refractivity contribution in [3.05, 3.63) is 63.9 Å². The van der Waals surface area contributed by atoms with E-state index in [1.54, 1.807) is 12.1 Å². The smallest absolute Gasteiger partial charge is 0.185 e. The lowest BCUT2D eigenvalue weighted by Crippen LogP contribution is -1.95. The molecule has 3 nitrogen and oxygen atoms in total. The Balaban J connectivity index is 2.25. The number of allylic oxidation sites excluding steroid dienone is 1. The Morgan fingerprint density at radius 2 is 2.05 bits per heavy atom. The molecule has 0 spiro atoms. The van der Waals surface area contributed by atoms with Crippen molar-refractivity contribution in [3.63, 3.8) is 0 Å². The summed E-state index contributed by atoms with van der Waals surface area (Å²) >= 11 is 3.25. The molecule has 0 aliphatic rings. The van der Waals surface area contributed by atoms with E-state index in [-0.39, 0.29) is 17.3 Å². The van der Waals surface area contributed by atoms with E-state index >= 15 is 0 Å². The average molecular weight is 351 g/mol. The molecule has 0 bridgehead atoms. The highest BCUT2D eigenvalue weighted by Gasteiger charge is 2.08. The number of methoxy groups -OCH3 is 1. The number of hydrogen-bond donors (Lipinski definition) is 1. The third-order valence-electron chi connectivity index (χ3n) is 2.84. The van der Waals surface area contributed by atoms with Gasteiger partial charge in [-0.1, -0.05) is 15.9 Å². The Morgan fingerprint density at radius 3 is 2.76 bits per heavy atom. The Kier molecular flexibility index (Phi) is 4.75. The summed E-state index contributed by atoms with van der Waals surface area (Å²) in [5.41, 5.74) is 0.653. The summed E-state index contributed by atoms with van der Waals surface area (Å²) in [6.45, 7) is 0. The number of halogens is 2. The molecule has 1 N–H and O–H groups in total. The fourth-order valence-electron chi connectivity index (χ4n) is 1.73. The summed E-state index contributed by atoms with van der Waals surface area (Å²) in [6.07, 6.45) is 2.68. The molecular weight excluding hydrogens is 339 g/mol. The van der Waals surface area contributed by atoms with E-state index < -0.39 is 5.82 Å². The highest BCUT2D eigenvalue weighted by atomic mass is 79.9. The van der Waals surface area contributed by atoms with Crippen molar-refractivity contribution < 1.29 is 19.0 Å². The number of phenols is 1. The maximum Gasteiger partial charge on any atom is 0.185 e. The number of phenolic OH excluding ortho intramolecular Hbond substituents is 1. The lowest BCUT2D eigenvalue weighted by atomic mass is 10.1. The van der Waals surface area contributed by atoms with Crippen molar-refractivity contribution in [2.24, 2.45) is 0 Å². The van der Waals surface area contributed by atoms with E-state index in [9.17, 15) is 14.3 Å². The van der Waals surface area contributed by atoms with Crippen LogP contribution in [0.5, 0.6) is 11.5 Å². The van der Waals surface area contributed by atoms with Gasteiger partial charge in [0.2, 0.25) is 0 Å². The van der Waals surface area contributed by atoms with Gasteiger partial charge in [0.15, 0.2) is 17.3 Å². The van der Waals surface area contributed by atoms with Crippen molar-refractivity contribution in [1.82, 2.24) is 0 Å². The normalized spacial score (nSPS) is 10.8. The minimum atomic E-state index is -0.412. The molecule has 0 amide bonds. The van der Waals surface area contributed by atoms with Crippen LogP contribution in [-0.4, -0.2) is 18.0 Å². The van der Waals surface area contributed by atoms with Gasteiger partial charge in [-0.25, -0.2) is 4.39 Å². The lowest BCUT2D eigenvalue weighted by Gasteiger charge is -2.04. The number of carbonyl (C=O) groups is 1. The van der Waals surface area contributed by atoms with Crippen molar-refractivity contribution in [3.8, 4) is 11.5 Å². The molecule has 108 valence electrons. The van der Waals surface area contributed by atoms with E-state index in [0.29, 0.717) is 11.1 Å². The van der Waals surface area contributed by atoms with Gasteiger partial charge in [0.1, 0.15) is 5.82 Å². The summed E-state index contributed by atoms with van der Waals surface area (Å²) in [4.78, 5) is 12.0. The minimum absolute atomic E-state index is 0.0453. The van der Waals surface area contributed by atoms with Crippen molar-refractivity contribution in [2.45, 2.75) is 0 Å². The molecule has 0 saturated heterocycles. The maximum absolute atomic E-state index is 13.6. The molecule has 0 heterocycles. The van der Waals surface area contributed by atoms with Crippen molar-refractivity contribution in [2.75, 3.05) is 7.11 Å². The highest BCUT2D eigenvalue weighted by molar-refractivity contribution is 9.10. The van der Waals surface area contributed by atoms with Crippen molar-refractivity contribution >= 4 is 27.8 Å². The van der Waals surface area contributed by atoms with E-state index in [1.807, 2.05) is 0 Å². The number of benzene rings is 2. The van der Waals surface area contributed by atoms with Gasteiger partial charge in [-0.05, 0) is 48.6 Å². The first kappa shape index (κ1) is 15.3. The monoisotopic (exact) mass is 350 g/mol. The van der Waals surface area contributed by atoms with E-state index in [0.717, 1.165) is 4.47 Å². The van der Waals surface area contributed by atoms with Crippen LogP contribution >= 0.6 is 15.9 Å². The number of ether oxygens (including phenoxy) is 1. The van der Waals surface area contributed by atoms with E-state index in [4.69, 9.17) is 4.74 Å². The summed E-state index contributed by atoms with van der Waals surface area (Å²) in [7, 11) is 1.40. The molecule has 2 aromatic carbocycles. The molecule has 21 heavy (non-hydrogen) atoms. The average Bonchev–Trinajstić information content (AvgIpc) is 2.48. The molecule has 0 aromatic heterocycles. The van der Waals surface area contributed by atoms with Gasteiger partial charge in [0.05, 0.1) is 7.11 Å². The minimum Gasteiger partial charge on any atom is -0.504 e. The van der Waals surface area contributed by atoms with Gasteiger partial charge in [0.25, 0.3) is 0 Å². The van der Waals surface area contributed by atoms with Crippen LogP contribution in [0.25, 0.3) is 6.08 Å². The third-order valence-corrected chi connectivity index (χ3v) is 3.33. The Hall–Kier alpha value is -2.14. The summed E-state index contributed by atoms with van der Waals surface area (Å²) in [5, 5.41) is 9.48. The van der Waals surface area contributed by atoms with Gasteiger partial charge in [0, 0.05) is 15.6 Å². The number of carbonyl (C=O) groups excluding carboxylic acids is 1. The second-order valence-corrected chi connectivity index (χ2v) is 5.17. The number of aromatic hydroxyl groups is 1. The van der Waals surface area contributed by atoms with Crippen LogP contribution in [-0.2, 0) is 0 Å². The molecule has 0 fully saturated rings. The molecule has 0 aliphatic carbocycles. The Labute approximate surface area is 129 Å². The highest BCUT2D eigenvalue weighted by Crippen LogP contribution is 2.26. The molecular formula is C16H12BrFO3. The molecule has 0 radical (unpaired) electrons. The van der Waals surface area contributed by atoms with Crippen LogP contribution in [0, 0.1) is 5.82 Å². The van der Waals surface area contributed by atoms with E-state index in [2.05, 4.69) is 15.9 Å². The van der Waals surface area contributed by atoms with Gasteiger partial charge in [-0.15, -0.1) is 0 Å². The fraction of sp³-hybridized carbons (Fsp3) is 0.0625. The fourth-order valence-corrected chi connectivity index (χ4v) is 2.11. The SMILES string of the molecule is COc1cc(C(=O)C=Cc2cc(Br)ccc2F)ccc1O. The Bertz CT molecular complexity index is 711. The number of hydrogen-bond acceptors (Lipinski definition) is 3. The standard InChI is InChI=1S/C16H12BrFO3/c1-21-16-9-11(3-7-15(16)20)14(19)6-2-10-8-12(17)4-5-13(10)18/h2-9,20H,1H3. The van der Waals surface area contributed by atoms with Gasteiger partial charge >= 0.3 is 0 Å². The maximum atomic E-state index is 13.6. The first-order chi connectivity index (χ1) is 10.0. The van der Waals surface area contributed by atoms with Crippen LogP contribution < -0.4 is 4.74 Å². The summed E-state index contributed by atoms with van der Waals surface area (Å²) in [5.74, 6) is -0.558. The molecule has 5 heteroatoms. The first-order valence-corrected chi connectivity index (χ1v) is 6.85. The van der Waals surface area contributed by atoms with Crippen LogP contribution in [0.3, 0.4) is 0 Å². The zero-order valence-electron chi connectivity index (χ0n) is 11.1. The number of ketones is 1. The van der Waals surface area contributed by atoms with Gasteiger partial charge < -0.3 is 9.84 Å². The van der Waals surface area contributed by atoms with Crippen LogP contribution in [0.2, 0.25) is 0 Å². The predicted octanol–water partition coefficient (Wildman–Crippen LogP) is 4.20. The van der Waals surface area contributed by atoms with Crippen LogP contribution in [0.4, 0.5) is 4.39 Å². The largest absolute Gasteiger partial charge is 0.504 e. The first-order valence-electron chi connectivity index (χ1n) is 6.05. The molecule has 2 rings (SSSR count). The summed E-state index contributed by atoms with van der Waals surface area (Å²) < 4.78 is 19.2. The third kappa shape index (κ3) is 3.70. The van der Waals surface area contributed by atoms with Gasteiger partial charge in [-0.3, -0.25) is 4.79 Å². The van der Waals surface area contributed by atoms with Crippen molar-refractivity contribution in [1.29, 1.82) is 0 Å². The van der Waals surface area contributed by atoms with E-state index in [1.165, 1.54) is 43.5 Å². The second-order valence-electron chi connectivity index (χ2n) is 4.25. The zero-order valence-corrected chi connectivity index (χ0v) is 12.7. The topological polar surface area (TPSA) is 46.5 Å². The Morgan fingerprint density at radius 1 is 1.29 bits per heavy atom. The number of rotatable bonds is 4. The van der Waals surface area contributed by atoms with Gasteiger partial charge in [-0.2, -0.15) is 0 Å². The molecule has 0 unspecified atom stereocenters. The predicted molar refractivity (Wildman–Crippen MR) is 82.1 cm³/mol. The molecule has 0 atom stereocenters. The zero-order chi connectivity index (χ0) is 15.4. The molecule has 0 aliphatic heterocycles. The molecule has 2 aromatic rings. The quantitative estimate of drug-likeness (QED) is 0.663. The second kappa shape index (κ2) is 6.54. The van der Waals surface area contributed by atoms with Crippen LogP contribution in [0.15, 0.2) is 46.9 Å².